The molecular formula is C36H26N2S. The minimum atomic E-state index is 1.14. The standard InChI is InChI=1S/C36H26N2S/c1-5-15-27(16-6-1)37(28-17-7-2-8-18-28)31-23-13-25-33-35(31)36-32(24-14-26-34(36)39-33)38(29-19-9-3-10-20-29)30-21-11-4-12-22-30/h1-26H. The first-order valence-corrected chi connectivity index (χ1v) is 13.9. The van der Waals surface area contributed by atoms with Crippen LogP contribution in [0.5, 0.6) is 0 Å². The van der Waals surface area contributed by atoms with E-state index in [1.54, 1.807) is 0 Å². The molecule has 0 aliphatic carbocycles. The molecule has 0 saturated heterocycles. The van der Waals surface area contributed by atoms with E-state index in [9.17, 15) is 0 Å². The molecule has 3 heteroatoms. The maximum absolute atomic E-state index is 2.38. The van der Waals surface area contributed by atoms with Crippen LogP contribution in [-0.4, -0.2) is 0 Å². The van der Waals surface area contributed by atoms with E-state index in [-0.39, 0.29) is 0 Å². The first kappa shape index (κ1) is 23.3. The second-order valence-electron chi connectivity index (χ2n) is 9.42. The van der Waals surface area contributed by atoms with Crippen LogP contribution in [0, 0.1) is 0 Å². The van der Waals surface area contributed by atoms with Crippen LogP contribution in [0.4, 0.5) is 34.1 Å². The van der Waals surface area contributed by atoms with Gasteiger partial charge in [0.05, 0.1) is 11.4 Å². The first-order chi connectivity index (χ1) is 19.4. The molecule has 7 rings (SSSR count). The SMILES string of the molecule is c1ccc(N(c2ccccc2)c2cccc3sc4cccc(N(c5ccccc5)c5ccccc5)c4c23)cc1. The van der Waals surface area contributed by atoms with Gasteiger partial charge in [-0.25, -0.2) is 0 Å². The molecule has 0 unspecified atom stereocenters. The number of fused-ring (bicyclic) bond motifs is 3. The van der Waals surface area contributed by atoms with E-state index in [2.05, 4.69) is 168 Å². The number of benzene rings is 6. The minimum absolute atomic E-state index is 1.14. The molecule has 6 aromatic carbocycles. The fourth-order valence-electron chi connectivity index (χ4n) is 5.37. The highest BCUT2D eigenvalue weighted by atomic mass is 32.1. The molecule has 1 heterocycles. The van der Waals surface area contributed by atoms with Crippen molar-refractivity contribution in [2.24, 2.45) is 0 Å². The third-order valence-corrected chi connectivity index (χ3v) is 8.14. The van der Waals surface area contributed by atoms with Crippen molar-refractivity contribution in [1.29, 1.82) is 0 Å². The van der Waals surface area contributed by atoms with Gasteiger partial charge in [-0.1, -0.05) is 84.9 Å². The third-order valence-electron chi connectivity index (χ3n) is 7.02. The lowest BCUT2D eigenvalue weighted by Gasteiger charge is -2.28. The molecule has 0 N–H and O–H groups in total. The van der Waals surface area contributed by atoms with E-state index in [1.807, 2.05) is 11.3 Å². The zero-order chi connectivity index (χ0) is 26.0. The van der Waals surface area contributed by atoms with Crippen LogP contribution in [-0.2, 0) is 0 Å². The predicted molar refractivity (Wildman–Crippen MR) is 169 cm³/mol. The number of nitrogens with zero attached hydrogens (tertiary/aromatic N) is 2. The quantitative estimate of drug-likeness (QED) is 0.216. The van der Waals surface area contributed by atoms with Crippen molar-refractivity contribution in [3.05, 3.63) is 158 Å². The highest BCUT2D eigenvalue weighted by Gasteiger charge is 2.22. The van der Waals surface area contributed by atoms with Crippen molar-refractivity contribution >= 4 is 65.6 Å². The Bertz CT molecular complexity index is 1630. The number of thiophene rings is 1. The Kier molecular flexibility index (Phi) is 6.04. The summed E-state index contributed by atoms with van der Waals surface area (Å²) in [6, 6.07) is 55.9. The zero-order valence-corrected chi connectivity index (χ0v) is 22.1. The van der Waals surface area contributed by atoms with Crippen LogP contribution in [0.25, 0.3) is 20.2 Å². The summed E-state index contributed by atoms with van der Waals surface area (Å²) in [4.78, 5) is 4.75. The van der Waals surface area contributed by atoms with E-state index in [0.717, 1.165) is 22.7 Å². The van der Waals surface area contributed by atoms with Gasteiger partial charge in [0, 0.05) is 42.9 Å². The number of rotatable bonds is 6. The van der Waals surface area contributed by atoms with Crippen LogP contribution >= 0.6 is 11.3 Å². The second-order valence-corrected chi connectivity index (χ2v) is 10.5. The van der Waals surface area contributed by atoms with Crippen molar-refractivity contribution in [1.82, 2.24) is 0 Å². The summed E-state index contributed by atoms with van der Waals surface area (Å²) in [5.74, 6) is 0. The monoisotopic (exact) mass is 518 g/mol. The summed E-state index contributed by atoms with van der Waals surface area (Å²) in [6.07, 6.45) is 0. The van der Waals surface area contributed by atoms with Gasteiger partial charge < -0.3 is 9.80 Å². The minimum Gasteiger partial charge on any atom is -0.310 e. The molecule has 0 saturated carbocycles. The fraction of sp³-hybridized carbons (Fsp3) is 0. The van der Waals surface area contributed by atoms with Crippen molar-refractivity contribution in [3.8, 4) is 0 Å². The van der Waals surface area contributed by atoms with Gasteiger partial charge in [0.15, 0.2) is 0 Å². The molecule has 1 aromatic heterocycles. The Labute approximate surface area is 232 Å². The van der Waals surface area contributed by atoms with Crippen LogP contribution < -0.4 is 9.80 Å². The van der Waals surface area contributed by atoms with Gasteiger partial charge in [0.25, 0.3) is 0 Å². The lowest BCUT2D eigenvalue weighted by Crippen LogP contribution is -2.11. The average Bonchev–Trinajstić information content (AvgIpc) is 3.40. The Morgan fingerprint density at radius 1 is 0.308 bits per heavy atom. The molecule has 0 aliphatic heterocycles. The second kappa shape index (κ2) is 10.1. The highest BCUT2D eigenvalue weighted by molar-refractivity contribution is 7.26. The van der Waals surface area contributed by atoms with E-state index >= 15 is 0 Å². The van der Waals surface area contributed by atoms with Crippen LogP contribution in [0.2, 0.25) is 0 Å². The zero-order valence-electron chi connectivity index (χ0n) is 21.3. The fourth-order valence-corrected chi connectivity index (χ4v) is 6.51. The van der Waals surface area contributed by atoms with Gasteiger partial charge >= 0.3 is 0 Å². The molecule has 0 radical (unpaired) electrons. The topological polar surface area (TPSA) is 6.48 Å². The van der Waals surface area contributed by atoms with E-state index in [0.29, 0.717) is 0 Å². The maximum atomic E-state index is 2.38. The van der Waals surface area contributed by atoms with Crippen LogP contribution in [0.15, 0.2) is 158 Å². The van der Waals surface area contributed by atoms with Gasteiger partial charge in [-0.3, -0.25) is 0 Å². The summed E-state index contributed by atoms with van der Waals surface area (Å²) in [7, 11) is 0. The molecule has 0 bridgehead atoms. The summed E-state index contributed by atoms with van der Waals surface area (Å²) in [6.45, 7) is 0. The smallest absolute Gasteiger partial charge is 0.0555 e. The number of para-hydroxylation sites is 4. The molecule has 2 nitrogen and oxygen atoms in total. The van der Waals surface area contributed by atoms with Crippen molar-refractivity contribution in [3.63, 3.8) is 0 Å². The number of hydrogen-bond acceptors (Lipinski definition) is 3. The largest absolute Gasteiger partial charge is 0.310 e. The Morgan fingerprint density at radius 3 is 0.923 bits per heavy atom. The van der Waals surface area contributed by atoms with E-state index < -0.39 is 0 Å². The summed E-state index contributed by atoms with van der Waals surface area (Å²) < 4.78 is 2.54. The first-order valence-electron chi connectivity index (χ1n) is 13.1. The molecule has 186 valence electrons. The maximum Gasteiger partial charge on any atom is 0.0555 e. The normalized spacial score (nSPS) is 11.1. The summed E-state index contributed by atoms with van der Waals surface area (Å²) in [5, 5.41) is 2.52. The van der Waals surface area contributed by atoms with Gasteiger partial charge in [-0.2, -0.15) is 0 Å². The van der Waals surface area contributed by atoms with Gasteiger partial charge in [-0.15, -0.1) is 11.3 Å². The van der Waals surface area contributed by atoms with Gasteiger partial charge in [-0.05, 0) is 72.8 Å². The van der Waals surface area contributed by atoms with Crippen LogP contribution in [0.1, 0.15) is 0 Å². The molecule has 7 aromatic rings. The lowest BCUT2D eigenvalue weighted by molar-refractivity contribution is 1.29. The molecule has 0 spiro atoms. The Balaban J connectivity index is 1.56. The van der Waals surface area contributed by atoms with Crippen molar-refractivity contribution in [2.45, 2.75) is 0 Å². The van der Waals surface area contributed by atoms with E-state index in [4.69, 9.17) is 0 Å². The molecular weight excluding hydrogens is 492 g/mol. The number of hydrogen-bond donors (Lipinski definition) is 0. The van der Waals surface area contributed by atoms with Gasteiger partial charge in [0.1, 0.15) is 0 Å². The third kappa shape index (κ3) is 4.23. The van der Waals surface area contributed by atoms with Crippen molar-refractivity contribution in [2.75, 3.05) is 9.80 Å². The Hall–Kier alpha value is -4.86. The Morgan fingerprint density at radius 2 is 0.615 bits per heavy atom. The molecule has 0 amide bonds. The molecule has 0 fully saturated rings. The van der Waals surface area contributed by atoms with E-state index in [1.165, 1.54) is 31.5 Å². The van der Waals surface area contributed by atoms with Crippen molar-refractivity contribution < 1.29 is 0 Å². The highest BCUT2D eigenvalue weighted by Crippen LogP contribution is 2.49. The summed E-state index contributed by atoms with van der Waals surface area (Å²) in [5.41, 5.74) is 6.88. The average molecular weight is 519 g/mol. The van der Waals surface area contributed by atoms with Crippen LogP contribution in [0.3, 0.4) is 0 Å². The number of anilines is 6. The lowest BCUT2D eigenvalue weighted by atomic mass is 10.0. The molecule has 0 atom stereocenters. The molecule has 39 heavy (non-hydrogen) atoms. The summed E-state index contributed by atoms with van der Waals surface area (Å²) >= 11 is 1.85. The predicted octanol–water partition coefficient (Wildman–Crippen LogP) is 11.0. The van der Waals surface area contributed by atoms with Gasteiger partial charge in [0.2, 0.25) is 0 Å². The molecule has 0 aliphatic rings.